The Bertz CT molecular complexity index is 310. The number of hydrogen-bond acceptors (Lipinski definition) is 1. The van der Waals surface area contributed by atoms with Crippen molar-refractivity contribution in [3.8, 4) is 5.75 Å². The van der Waals surface area contributed by atoms with Crippen molar-refractivity contribution in [1.29, 1.82) is 0 Å². The molecule has 0 saturated carbocycles. The van der Waals surface area contributed by atoms with Gasteiger partial charge in [-0.2, -0.15) is 0 Å². The number of halogens is 2. The Labute approximate surface area is 82.7 Å². The van der Waals surface area contributed by atoms with E-state index in [2.05, 4.69) is 0 Å². The highest BCUT2D eigenvalue weighted by Gasteiger charge is 2.12. The summed E-state index contributed by atoms with van der Waals surface area (Å²) in [7, 11) is 0. The fourth-order valence-corrected chi connectivity index (χ4v) is 0.904. The predicted molar refractivity (Wildman–Crippen MR) is 51.3 cm³/mol. The van der Waals surface area contributed by atoms with Crippen molar-refractivity contribution in [1.82, 2.24) is 0 Å². The van der Waals surface area contributed by atoms with Crippen molar-refractivity contribution in [2.75, 3.05) is 0 Å². The molecule has 1 atom stereocenters. The van der Waals surface area contributed by atoms with Gasteiger partial charge in [0.15, 0.2) is 11.6 Å². The number of hydrogen-bond donors (Lipinski definition) is 0. The largest absolute Gasteiger partial charge is 0.487 e. The molecule has 0 heterocycles. The second kappa shape index (κ2) is 4.40. The van der Waals surface area contributed by atoms with Gasteiger partial charge in [0.25, 0.3) is 0 Å². The van der Waals surface area contributed by atoms with Crippen LogP contribution in [0.4, 0.5) is 8.78 Å². The van der Waals surface area contributed by atoms with Crippen LogP contribution in [0, 0.1) is 17.6 Å². The van der Waals surface area contributed by atoms with E-state index in [-0.39, 0.29) is 17.8 Å². The summed E-state index contributed by atoms with van der Waals surface area (Å²) in [5.74, 6) is -0.778. The first-order valence-electron chi connectivity index (χ1n) is 4.62. The third-order valence-corrected chi connectivity index (χ3v) is 2.14. The highest BCUT2D eigenvalue weighted by Crippen LogP contribution is 2.21. The Morgan fingerprint density at radius 1 is 1.14 bits per heavy atom. The molecule has 0 N–H and O–H groups in total. The van der Waals surface area contributed by atoms with Gasteiger partial charge in [0.1, 0.15) is 5.82 Å². The molecule has 1 rings (SSSR count). The molecule has 1 aromatic rings. The Morgan fingerprint density at radius 2 is 1.79 bits per heavy atom. The van der Waals surface area contributed by atoms with Crippen molar-refractivity contribution in [2.45, 2.75) is 26.9 Å². The summed E-state index contributed by atoms with van der Waals surface area (Å²) in [6.07, 6.45) is -0.133. The van der Waals surface area contributed by atoms with Crippen LogP contribution in [0.15, 0.2) is 18.2 Å². The zero-order valence-electron chi connectivity index (χ0n) is 8.55. The summed E-state index contributed by atoms with van der Waals surface area (Å²) in [6.45, 7) is 5.75. The zero-order chi connectivity index (χ0) is 10.7. The third-order valence-electron chi connectivity index (χ3n) is 2.14. The average molecular weight is 200 g/mol. The van der Waals surface area contributed by atoms with Crippen LogP contribution in [0.1, 0.15) is 20.8 Å². The molecule has 14 heavy (non-hydrogen) atoms. The SMILES string of the molecule is CC(C)C(C)Oc1cc(F)ccc1F. The maximum atomic E-state index is 13.1. The molecule has 0 bridgehead atoms. The number of ether oxygens (including phenoxy) is 1. The van der Waals surface area contributed by atoms with Gasteiger partial charge in [-0.3, -0.25) is 0 Å². The van der Waals surface area contributed by atoms with Crippen molar-refractivity contribution in [3.63, 3.8) is 0 Å². The molecule has 0 saturated heterocycles. The molecule has 0 aliphatic rings. The van der Waals surface area contributed by atoms with Crippen molar-refractivity contribution in [2.24, 2.45) is 5.92 Å². The summed E-state index contributed by atoms with van der Waals surface area (Å²) >= 11 is 0. The van der Waals surface area contributed by atoms with Crippen LogP contribution in [-0.4, -0.2) is 6.10 Å². The van der Waals surface area contributed by atoms with Crippen molar-refractivity contribution < 1.29 is 13.5 Å². The summed E-state index contributed by atoms with van der Waals surface area (Å²) in [5.41, 5.74) is 0. The van der Waals surface area contributed by atoms with E-state index in [0.717, 1.165) is 18.2 Å². The van der Waals surface area contributed by atoms with Crippen LogP contribution in [0.3, 0.4) is 0 Å². The number of benzene rings is 1. The first kappa shape index (κ1) is 11.0. The molecule has 0 aliphatic heterocycles. The first-order chi connectivity index (χ1) is 6.50. The van der Waals surface area contributed by atoms with Crippen LogP contribution < -0.4 is 4.74 Å². The van der Waals surface area contributed by atoms with E-state index in [4.69, 9.17) is 4.74 Å². The lowest BCUT2D eigenvalue weighted by Gasteiger charge is -2.18. The quantitative estimate of drug-likeness (QED) is 0.726. The van der Waals surface area contributed by atoms with Gasteiger partial charge in [0, 0.05) is 6.07 Å². The molecule has 0 fully saturated rings. The van der Waals surface area contributed by atoms with Crippen molar-refractivity contribution in [3.05, 3.63) is 29.8 Å². The fraction of sp³-hybridized carbons (Fsp3) is 0.455. The molecule has 1 nitrogen and oxygen atoms in total. The van der Waals surface area contributed by atoms with E-state index >= 15 is 0 Å². The molecule has 1 aromatic carbocycles. The Morgan fingerprint density at radius 3 is 2.36 bits per heavy atom. The molecular weight excluding hydrogens is 186 g/mol. The van der Waals surface area contributed by atoms with Gasteiger partial charge in [-0.05, 0) is 25.0 Å². The van der Waals surface area contributed by atoms with E-state index < -0.39 is 11.6 Å². The molecule has 78 valence electrons. The Kier molecular flexibility index (Phi) is 3.44. The van der Waals surface area contributed by atoms with E-state index in [1.807, 2.05) is 20.8 Å². The molecule has 0 radical (unpaired) electrons. The minimum absolute atomic E-state index is 0.0220. The highest BCUT2D eigenvalue weighted by atomic mass is 19.1. The second-order valence-corrected chi connectivity index (χ2v) is 3.64. The van der Waals surface area contributed by atoms with Crippen LogP contribution >= 0.6 is 0 Å². The average Bonchev–Trinajstić information content (AvgIpc) is 2.11. The summed E-state index contributed by atoms with van der Waals surface area (Å²) < 4.78 is 31.1. The van der Waals surface area contributed by atoms with E-state index in [9.17, 15) is 8.78 Å². The molecule has 0 aromatic heterocycles. The zero-order valence-corrected chi connectivity index (χ0v) is 8.55. The minimum Gasteiger partial charge on any atom is -0.487 e. The van der Waals surface area contributed by atoms with E-state index in [1.54, 1.807) is 0 Å². The fourth-order valence-electron chi connectivity index (χ4n) is 0.904. The van der Waals surface area contributed by atoms with Crippen LogP contribution in [0.25, 0.3) is 0 Å². The molecular formula is C11H14F2O. The van der Waals surface area contributed by atoms with Gasteiger partial charge in [0.2, 0.25) is 0 Å². The van der Waals surface area contributed by atoms with E-state index in [1.165, 1.54) is 0 Å². The van der Waals surface area contributed by atoms with Crippen LogP contribution in [0.2, 0.25) is 0 Å². The standard InChI is InChI=1S/C11H14F2O/c1-7(2)8(3)14-11-6-9(12)4-5-10(11)13/h4-8H,1-3H3. The molecule has 3 heteroatoms. The summed E-state index contributed by atoms with van der Waals surface area (Å²) in [6, 6.07) is 3.20. The van der Waals surface area contributed by atoms with Gasteiger partial charge in [-0.1, -0.05) is 13.8 Å². The summed E-state index contributed by atoms with van der Waals surface area (Å²) in [5, 5.41) is 0. The summed E-state index contributed by atoms with van der Waals surface area (Å²) in [4.78, 5) is 0. The monoisotopic (exact) mass is 200 g/mol. The smallest absolute Gasteiger partial charge is 0.165 e. The lowest BCUT2D eigenvalue weighted by molar-refractivity contribution is 0.162. The predicted octanol–water partition coefficient (Wildman–Crippen LogP) is 3.39. The normalized spacial score (nSPS) is 13.0. The molecule has 0 aliphatic carbocycles. The minimum atomic E-state index is -0.529. The maximum absolute atomic E-state index is 13.1. The van der Waals surface area contributed by atoms with E-state index in [0.29, 0.717) is 0 Å². The third kappa shape index (κ3) is 2.69. The Balaban J connectivity index is 2.80. The molecule has 0 spiro atoms. The first-order valence-corrected chi connectivity index (χ1v) is 4.62. The van der Waals surface area contributed by atoms with Crippen LogP contribution in [0.5, 0.6) is 5.75 Å². The lowest BCUT2D eigenvalue weighted by atomic mass is 10.1. The van der Waals surface area contributed by atoms with Gasteiger partial charge >= 0.3 is 0 Å². The van der Waals surface area contributed by atoms with Gasteiger partial charge < -0.3 is 4.74 Å². The van der Waals surface area contributed by atoms with Gasteiger partial charge in [-0.25, -0.2) is 8.78 Å². The van der Waals surface area contributed by atoms with Gasteiger partial charge in [-0.15, -0.1) is 0 Å². The second-order valence-electron chi connectivity index (χ2n) is 3.64. The molecule has 0 amide bonds. The highest BCUT2D eigenvalue weighted by molar-refractivity contribution is 5.25. The lowest BCUT2D eigenvalue weighted by Crippen LogP contribution is -2.19. The Hall–Kier alpha value is -1.12. The maximum Gasteiger partial charge on any atom is 0.165 e. The molecule has 1 unspecified atom stereocenters. The number of rotatable bonds is 3. The van der Waals surface area contributed by atoms with Crippen molar-refractivity contribution >= 4 is 0 Å². The van der Waals surface area contributed by atoms with Crippen LogP contribution in [-0.2, 0) is 0 Å². The topological polar surface area (TPSA) is 9.23 Å². The van der Waals surface area contributed by atoms with Gasteiger partial charge in [0.05, 0.1) is 6.10 Å².